The molecule has 5 rings (SSSR count). The first-order chi connectivity index (χ1) is 14.3. The van der Waals surface area contributed by atoms with Gasteiger partial charge in [-0.2, -0.15) is 0 Å². The molecule has 0 saturated heterocycles. The molecule has 0 saturated carbocycles. The number of allylic oxidation sites excluding steroid dienone is 3. The molecule has 7 heteroatoms. The molecule has 3 aromatic rings. The number of fused-ring (bicyclic) bond motifs is 2. The standard InChI is InChI=1S/C23H18BF2IN2S/c1-15-13-16(2)28-22(15)14-20-8-7-19(29(20)24(28,25)26)9-10-21-11-12-23(30-21)17-3-5-18(27)6-4-17/h3-14H,1-2H3/b10-9+. The highest BCUT2D eigenvalue weighted by atomic mass is 127. The van der Waals surface area contributed by atoms with E-state index >= 15 is 8.63 Å². The van der Waals surface area contributed by atoms with E-state index in [4.69, 9.17) is 0 Å². The predicted molar refractivity (Wildman–Crippen MR) is 131 cm³/mol. The molecule has 2 aliphatic rings. The van der Waals surface area contributed by atoms with Gasteiger partial charge < -0.3 is 17.6 Å². The van der Waals surface area contributed by atoms with Crippen molar-refractivity contribution in [1.82, 2.24) is 4.48 Å². The van der Waals surface area contributed by atoms with Gasteiger partial charge in [0.15, 0.2) is 11.4 Å². The van der Waals surface area contributed by atoms with Gasteiger partial charge in [0.05, 0.1) is 0 Å². The van der Waals surface area contributed by atoms with Crippen LogP contribution in [0.25, 0.3) is 22.6 Å². The molecule has 0 fully saturated rings. The van der Waals surface area contributed by atoms with Crippen molar-refractivity contribution >= 4 is 58.8 Å². The Bertz CT molecular complexity index is 1290. The molecule has 0 aliphatic carbocycles. The number of aromatic nitrogens is 1. The van der Waals surface area contributed by atoms with Crippen LogP contribution in [0, 0.1) is 17.4 Å². The summed E-state index contributed by atoms with van der Waals surface area (Å²) < 4.78 is 34.5. The summed E-state index contributed by atoms with van der Waals surface area (Å²) in [6, 6.07) is 14.3. The largest absolute Gasteiger partial charge is 0.737 e. The van der Waals surface area contributed by atoms with E-state index in [0.717, 1.165) is 20.9 Å². The highest BCUT2D eigenvalue weighted by Crippen LogP contribution is 2.34. The van der Waals surface area contributed by atoms with Gasteiger partial charge in [-0.25, -0.2) is 0 Å². The highest BCUT2D eigenvalue weighted by molar-refractivity contribution is 14.1. The summed E-state index contributed by atoms with van der Waals surface area (Å²) in [5.41, 5.74) is 4.26. The minimum Gasteiger partial charge on any atom is -0.394 e. The third-order valence-electron chi connectivity index (χ3n) is 5.53. The number of hydrogen-bond acceptors (Lipinski definition) is 1. The Labute approximate surface area is 191 Å². The summed E-state index contributed by atoms with van der Waals surface area (Å²) in [5.74, 6) is 0. The number of hydrogen-bond donors (Lipinski definition) is 0. The number of thiophene rings is 1. The molecule has 0 radical (unpaired) electrons. The number of aryl methyl sites for hydroxylation is 2. The van der Waals surface area contributed by atoms with Crippen LogP contribution in [0.4, 0.5) is 8.63 Å². The van der Waals surface area contributed by atoms with Crippen LogP contribution in [-0.2, 0) is 0 Å². The molecule has 0 spiro atoms. The van der Waals surface area contributed by atoms with Crippen LogP contribution in [0.15, 0.2) is 66.4 Å². The number of benzene rings is 1. The van der Waals surface area contributed by atoms with Gasteiger partial charge in [-0.1, -0.05) is 12.1 Å². The molecule has 0 N–H and O–H groups in total. The molecular weight excluding hydrogens is 512 g/mol. The molecule has 2 aliphatic heterocycles. The predicted octanol–water partition coefficient (Wildman–Crippen LogP) is 6.75. The summed E-state index contributed by atoms with van der Waals surface area (Å²) >= 11 is 3.94. The molecule has 2 aromatic heterocycles. The zero-order valence-corrected chi connectivity index (χ0v) is 19.4. The fraction of sp³-hybridized carbons (Fsp3) is 0.0870. The molecular formula is C23H18BF2IN2S. The second-order valence-electron chi connectivity index (χ2n) is 7.55. The third kappa shape index (κ3) is 3.15. The van der Waals surface area contributed by atoms with Crippen molar-refractivity contribution in [3.63, 3.8) is 0 Å². The van der Waals surface area contributed by atoms with Gasteiger partial charge in [0.2, 0.25) is 0 Å². The van der Waals surface area contributed by atoms with Crippen LogP contribution in [0.3, 0.4) is 0 Å². The van der Waals surface area contributed by atoms with Crippen LogP contribution >= 0.6 is 33.9 Å². The van der Waals surface area contributed by atoms with Crippen molar-refractivity contribution in [3.8, 4) is 10.4 Å². The van der Waals surface area contributed by atoms with E-state index in [0.29, 0.717) is 22.8 Å². The lowest BCUT2D eigenvalue weighted by atomic mass is 9.90. The summed E-state index contributed by atoms with van der Waals surface area (Å²) in [4.78, 5) is 2.19. The van der Waals surface area contributed by atoms with Gasteiger partial charge >= 0.3 is 6.97 Å². The Kier molecular flexibility index (Phi) is 4.70. The van der Waals surface area contributed by atoms with Crippen molar-refractivity contribution in [1.29, 1.82) is 0 Å². The lowest BCUT2D eigenvalue weighted by molar-refractivity contribution is -0.360. The number of rotatable bonds is 3. The molecule has 0 atom stereocenters. The van der Waals surface area contributed by atoms with E-state index in [-0.39, 0.29) is 0 Å². The van der Waals surface area contributed by atoms with Gasteiger partial charge in [-0.3, -0.25) is 0 Å². The number of halogens is 3. The second kappa shape index (κ2) is 7.16. The molecule has 1 aromatic carbocycles. The van der Waals surface area contributed by atoms with Crippen LogP contribution in [0.5, 0.6) is 0 Å². The van der Waals surface area contributed by atoms with Crippen LogP contribution in [0.1, 0.15) is 21.8 Å². The molecule has 30 heavy (non-hydrogen) atoms. The van der Waals surface area contributed by atoms with E-state index in [1.165, 1.54) is 12.5 Å². The topological polar surface area (TPSA) is 7.94 Å². The summed E-state index contributed by atoms with van der Waals surface area (Å²) in [5, 5.41) is 0. The molecule has 4 heterocycles. The van der Waals surface area contributed by atoms with Gasteiger partial charge in [0.1, 0.15) is 0 Å². The molecule has 0 amide bonds. The highest BCUT2D eigenvalue weighted by Gasteiger charge is 2.52. The quantitative estimate of drug-likeness (QED) is 0.262. The van der Waals surface area contributed by atoms with E-state index in [2.05, 4.69) is 52.9 Å². The van der Waals surface area contributed by atoms with E-state index in [1.54, 1.807) is 36.5 Å². The Morgan fingerprint density at radius 3 is 2.57 bits per heavy atom. The summed E-state index contributed by atoms with van der Waals surface area (Å²) in [7, 11) is 0. The zero-order valence-electron chi connectivity index (χ0n) is 16.4. The van der Waals surface area contributed by atoms with Gasteiger partial charge in [0.25, 0.3) is 0 Å². The maximum Gasteiger partial charge on any atom is 0.737 e. The summed E-state index contributed by atoms with van der Waals surface area (Å²) in [6.07, 6.45) is 9.08. The average Bonchev–Trinajstić information content (AvgIpc) is 3.39. The fourth-order valence-corrected chi connectivity index (χ4v) is 5.44. The summed E-state index contributed by atoms with van der Waals surface area (Å²) in [6.45, 7) is -0.315. The molecule has 150 valence electrons. The van der Waals surface area contributed by atoms with Crippen LogP contribution < -0.4 is 0 Å². The second-order valence-corrected chi connectivity index (χ2v) is 9.91. The maximum absolute atomic E-state index is 15.5. The Morgan fingerprint density at radius 2 is 1.80 bits per heavy atom. The van der Waals surface area contributed by atoms with Gasteiger partial charge in [-0.05, 0) is 89.7 Å². The SMILES string of the molecule is Cc1cc(C)n2c1C=C1C=CC(/C=C/c3ccc(-c4ccc(I)cc4)s3)=[N+]1[B-]2(F)F. The first-order valence-electron chi connectivity index (χ1n) is 9.65. The van der Waals surface area contributed by atoms with E-state index < -0.39 is 6.97 Å². The van der Waals surface area contributed by atoms with Crippen LogP contribution in [-0.4, -0.2) is 21.6 Å². The van der Waals surface area contributed by atoms with E-state index in [1.807, 2.05) is 31.2 Å². The van der Waals surface area contributed by atoms with Crippen molar-refractivity contribution < 1.29 is 13.1 Å². The van der Waals surface area contributed by atoms with Crippen molar-refractivity contribution in [2.75, 3.05) is 0 Å². The van der Waals surface area contributed by atoms with Crippen molar-refractivity contribution in [2.24, 2.45) is 0 Å². The first kappa shape index (κ1) is 19.7. The lowest BCUT2D eigenvalue weighted by Crippen LogP contribution is -2.50. The third-order valence-corrected chi connectivity index (χ3v) is 7.35. The molecule has 0 unspecified atom stereocenters. The normalized spacial score (nSPS) is 16.9. The Hall–Kier alpha value is -2.26. The monoisotopic (exact) mass is 530 g/mol. The van der Waals surface area contributed by atoms with Crippen molar-refractivity contribution in [3.05, 3.63) is 91.8 Å². The van der Waals surface area contributed by atoms with Crippen molar-refractivity contribution in [2.45, 2.75) is 13.8 Å². The molecule has 0 bridgehead atoms. The maximum atomic E-state index is 15.5. The van der Waals surface area contributed by atoms with Gasteiger partial charge in [0, 0.05) is 43.3 Å². The average molecular weight is 530 g/mol. The molecule has 2 nitrogen and oxygen atoms in total. The Balaban J connectivity index is 1.50. The Morgan fingerprint density at radius 1 is 1.03 bits per heavy atom. The first-order valence-corrected chi connectivity index (χ1v) is 11.5. The number of nitrogens with zero attached hydrogens (tertiary/aromatic N) is 2. The minimum atomic E-state index is -3.93. The smallest absolute Gasteiger partial charge is 0.394 e. The fourth-order valence-electron chi connectivity index (χ4n) is 4.16. The van der Waals surface area contributed by atoms with Gasteiger partial charge in [-0.15, -0.1) is 11.3 Å². The minimum absolute atomic E-state index is 0.506. The van der Waals surface area contributed by atoms with Crippen LogP contribution in [0.2, 0.25) is 0 Å². The van der Waals surface area contributed by atoms with E-state index in [9.17, 15) is 0 Å². The lowest BCUT2D eigenvalue weighted by Gasteiger charge is -2.30. The zero-order chi connectivity index (χ0) is 21.0.